The van der Waals surface area contributed by atoms with Crippen LogP contribution in [0, 0.1) is 11.6 Å². The maximum atomic E-state index is 14.5. The quantitative estimate of drug-likeness (QED) is 0.724. The predicted molar refractivity (Wildman–Crippen MR) is 112 cm³/mol. The number of nitrogens with zero attached hydrogens (tertiary/aromatic N) is 1. The number of amides is 1. The lowest BCUT2D eigenvalue weighted by atomic mass is 9.68. The molecule has 2 aliphatic carbocycles. The summed E-state index contributed by atoms with van der Waals surface area (Å²) in [5, 5.41) is 10.1. The van der Waals surface area contributed by atoms with Gasteiger partial charge in [0.1, 0.15) is 11.6 Å². The van der Waals surface area contributed by atoms with E-state index in [0.717, 1.165) is 25.3 Å². The lowest BCUT2D eigenvalue weighted by Gasteiger charge is -2.43. The Hall–Kier alpha value is -2.27. The van der Waals surface area contributed by atoms with Gasteiger partial charge in [0.25, 0.3) is 5.91 Å². The van der Waals surface area contributed by atoms with E-state index >= 15 is 0 Å². The fourth-order valence-corrected chi connectivity index (χ4v) is 4.88. The van der Waals surface area contributed by atoms with Gasteiger partial charge >= 0.3 is 0 Å². The summed E-state index contributed by atoms with van der Waals surface area (Å²) in [5.74, 6) is -1.15. The first-order valence-corrected chi connectivity index (χ1v) is 11.0. The molecule has 0 spiro atoms. The van der Waals surface area contributed by atoms with Crippen molar-refractivity contribution >= 4 is 5.91 Å². The van der Waals surface area contributed by atoms with Crippen molar-refractivity contribution in [1.82, 2.24) is 4.90 Å². The third-order valence-electron chi connectivity index (χ3n) is 6.89. The van der Waals surface area contributed by atoms with Gasteiger partial charge in [0.2, 0.25) is 0 Å². The fourth-order valence-electron chi connectivity index (χ4n) is 4.88. The molecular weight excluding hydrogens is 384 g/mol. The summed E-state index contributed by atoms with van der Waals surface area (Å²) in [6.45, 7) is 1.91. The second-order valence-corrected chi connectivity index (χ2v) is 8.79. The third-order valence-corrected chi connectivity index (χ3v) is 6.89. The molecule has 30 heavy (non-hydrogen) atoms. The molecule has 1 amide bonds. The fraction of sp³-hybridized carbons (Fsp3) is 0.480. The summed E-state index contributed by atoms with van der Waals surface area (Å²) >= 11 is 0. The average molecular weight is 414 g/mol. The Morgan fingerprint density at radius 3 is 2.20 bits per heavy atom. The van der Waals surface area contributed by atoms with Crippen molar-refractivity contribution in [2.45, 2.75) is 69.4 Å². The minimum Gasteiger partial charge on any atom is -0.395 e. The second kappa shape index (κ2) is 8.46. The molecule has 0 aromatic heterocycles. The number of carbonyl (C=O) groups is 1. The number of hydrogen-bond acceptors (Lipinski definition) is 2. The zero-order valence-corrected chi connectivity index (χ0v) is 17.4. The molecule has 0 bridgehead atoms. The van der Waals surface area contributed by atoms with Gasteiger partial charge in [-0.2, -0.15) is 0 Å². The molecule has 0 unspecified atom stereocenters. The highest BCUT2D eigenvalue weighted by Crippen LogP contribution is 2.44. The van der Waals surface area contributed by atoms with Gasteiger partial charge in [0, 0.05) is 29.1 Å². The van der Waals surface area contributed by atoms with Crippen LogP contribution in [0.1, 0.15) is 66.9 Å². The number of aliphatic hydroxyl groups excluding tert-OH is 1. The van der Waals surface area contributed by atoms with Crippen LogP contribution in [0.4, 0.5) is 8.78 Å². The Labute approximate surface area is 176 Å². The normalized spacial score (nSPS) is 23.9. The maximum absolute atomic E-state index is 14.5. The van der Waals surface area contributed by atoms with Crippen LogP contribution < -0.4 is 0 Å². The van der Waals surface area contributed by atoms with Gasteiger partial charge in [-0.25, -0.2) is 8.78 Å². The van der Waals surface area contributed by atoms with E-state index in [-0.39, 0.29) is 24.6 Å². The standard InChI is InChI=1S/C25H29F2NO2/c1-2-17-3-5-18(6-4-17)24(30)28(20-8-9-20)21-11-13-25(16-29,14-12-21)22-10-7-19(26)15-23(22)27/h3-7,10,15,20-21,29H,2,8-9,11-14,16H2,1H3. The predicted octanol–water partition coefficient (Wildman–Crippen LogP) is 5.00. The largest absolute Gasteiger partial charge is 0.395 e. The molecule has 2 aliphatic rings. The Kier molecular flexibility index (Phi) is 5.92. The Balaban J connectivity index is 1.52. The van der Waals surface area contributed by atoms with Crippen molar-refractivity contribution in [3.8, 4) is 0 Å². The minimum atomic E-state index is -0.713. The lowest BCUT2D eigenvalue weighted by Crippen LogP contribution is -2.47. The third kappa shape index (κ3) is 4.00. The SMILES string of the molecule is CCc1ccc(C(=O)N(C2CC2)C2CCC(CO)(c3ccc(F)cc3F)CC2)cc1. The van der Waals surface area contributed by atoms with Crippen molar-refractivity contribution < 1.29 is 18.7 Å². The van der Waals surface area contributed by atoms with E-state index in [9.17, 15) is 18.7 Å². The van der Waals surface area contributed by atoms with E-state index in [1.54, 1.807) is 0 Å². The molecule has 0 heterocycles. The molecule has 4 rings (SSSR count). The molecule has 0 radical (unpaired) electrons. The van der Waals surface area contributed by atoms with E-state index in [4.69, 9.17) is 0 Å². The summed E-state index contributed by atoms with van der Waals surface area (Å²) in [6, 6.07) is 11.8. The number of aliphatic hydroxyl groups is 1. The summed E-state index contributed by atoms with van der Waals surface area (Å²) in [6.07, 6.45) is 5.52. The highest BCUT2D eigenvalue weighted by molar-refractivity contribution is 5.95. The van der Waals surface area contributed by atoms with Crippen LogP contribution >= 0.6 is 0 Å². The number of hydrogen-bond donors (Lipinski definition) is 1. The first kappa shape index (κ1) is 21.0. The summed E-state index contributed by atoms with van der Waals surface area (Å²) in [5.41, 5.74) is 1.58. The van der Waals surface area contributed by atoms with Gasteiger partial charge in [-0.05, 0) is 74.3 Å². The number of carbonyl (C=O) groups excluding carboxylic acids is 1. The van der Waals surface area contributed by atoms with Crippen LogP contribution in [0.15, 0.2) is 42.5 Å². The second-order valence-electron chi connectivity index (χ2n) is 8.79. The minimum absolute atomic E-state index is 0.0645. The molecule has 0 saturated heterocycles. The van der Waals surface area contributed by atoms with Crippen LogP contribution in [-0.2, 0) is 11.8 Å². The van der Waals surface area contributed by atoms with Crippen LogP contribution in [0.3, 0.4) is 0 Å². The number of aryl methyl sites for hydroxylation is 1. The van der Waals surface area contributed by atoms with E-state index in [1.165, 1.54) is 17.7 Å². The molecular formula is C25H29F2NO2. The van der Waals surface area contributed by atoms with Crippen molar-refractivity contribution in [2.24, 2.45) is 0 Å². The number of rotatable bonds is 6. The highest BCUT2D eigenvalue weighted by Gasteiger charge is 2.44. The smallest absolute Gasteiger partial charge is 0.254 e. The van der Waals surface area contributed by atoms with Gasteiger partial charge < -0.3 is 10.0 Å². The van der Waals surface area contributed by atoms with Gasteiger partial charge in [-0.15, -0.1) is 0 Å². The molecule has 3 nitrogen and oxygen atoms in total. The molecule has 2 aromatic carbocycles. The monoisotopic (exact) mass is 413 g/mol. The first-order chi connectivity index (χ1) is 14.5. The highest BCUT2D eigenvalue weighted by atomic mass is 19.1. The van der Waals surface area contributed by atoms with Crippen LogP contribution in [0.5, 0.6) is 0 Å². The Morgan fingerprint density at radius 2 is 1.67 bits per heavy atom. The van der Waals surface area contributed by atoms with E-state index < -0.39 is 17.0 Å². The number of benzene rings is 2. The maximum Gasteiger partial charge on any atom is 0.254 e. The van der Waals surface area contributed by atoms with Gasteiger partial charge in [-0.1, -0.05) is 25.1 Å². The first-order valence-electron chi connectivity index (χ1n) is 11.0. The van der Waals surface area contributed by atoms with Crippen molar-refractivity contribution in [3.05, 3.63) is 70.8 Å². The Morgan fingerprint density at radius 1 is 1.03 bits per heavy atom. The molecule has 1 N–H and O–H groups in total. The average Bonchev–Trinajstić information content (AvgIpc) is 3.60. The summed E-state index contributed by atoms with van der Waals surface area (Å²) in [7, 11) is 0. The molecule has 2 fully saturated rings. The van der Waals surface area contributed by atoms with E-state index in [2.05, 4.69) is 6.92 Å². The van der Waals surface area contributed by atoms with E-state index in [0.29, 0.717) is 36.8 Å². The topological polar surface area (TPSA) is 40.5 Å². The summed E-state index contributed by atoms with van der Waals surface area (Å²) < 4.78 is 27.8. The van der Waals surface area contributed by atoms with Crippen LogP contribution in [0.25, 0.3) is 0 Å². The van der Waals surface area contributed by atoms with Gasteiger partial charge in [0.15, 0.2) is 0 Å². The molecule has 2 saturated carbocycles. The molecule has 2 aromatic rings. The van der Waals surface area contributed by atoms with Crippen LogP contribution in [-0.4, -0.2) is 34.6 Å². The van der Waals surface area contributed by atoms with Crippen molar-refractivity contribution in [3.63, 3.8) is 0 Å². The van der Waals surface area contributed by atoms with Crippen molar-refractivity contribution in [1.29, 1.82) is 0 Å². The van der Waals surface area contributed by atoms with Crippen LogP contribution in [0.2, 0.25) is 0 Å². The molecule has 5 heteroatoms. The molecule has 0 atom stereocenters. The lowest BCUT2D eigenvalue weighted by molar-refractivity contribution is 0.0514. The van der Waals surface area contributed by atoms with Gasteiger partial charge in [0.05, 0.1) is 6.61 Å². The van der Waals surface area contributed by atoms with E-state index in [1.807, 2.05) is 29.2 Å². The zero-order valence-electron chi connectivity index (χ0n) is 17.4. The van der Waals surface area contributed by atoms with Crippen molar-refractivity contribution in [2.75, 3.05) is 6.61 Å². The molecule has 0 aliphatic heterocycles. The summed E-state index contributed by atoms with van der Waals surface area (Å²) in [4.78, 5) is 15.3. The van der Waals surface area contributed by atoms with Gasteiger partial charge in [-0.3, -0.25) is 4.79 Å². The molecule has 160 valence electrons. The zero-order chi connectivity index (χ0) is 21.3. The number of halogens is 2. The Bertz CT molecular complexity index is 900.